The predicted molar refractivity (Wildman–Crippen MR) is 215 cm³/mol. The summed E-state index contributed by atoms with van der Waals surface area (Å²) in [5, 5.41) is 9.30. The topological polar surface area (TPSA) is 123 Å². The fourth-order valence-corrected chi connectivity index (χ4v) is 9.43. The van der Waals surface area contributed by atoms with Crippen molar-refractivity contribution in [2.45, 2.75) is 225 Å². The number of carboxylic acids is 1. The first-order valence-electron chi connectivity index (χ1n) is 21.5. The number of carboxylic acid groups (broad SMARTS) is 1. The first-order chi connectivity index (χ1) is 24.8. The zero-order valence-corrected chi connectivity index (χ0v) is 35.5. The number of hydrogen-bond acceptors (Lipinski definition) is 7. The summed E-state index contributed by atoms with van der Waals surface area (Å²) >= 11 is 0. The van der Waals surface area contributed by atoms with E-state index in [1.165, 1.54) is 161 Å². The van der Waals surface area contributed by atoms with Crippen molar-refractivity contribution in [3.8, 4) is 0 Å². The summed E-state index contributed by atoms with van der Waals surface area (Å²) in [4.78, 5) is 22.0. The number of rotatable bonds is 42. The summed E-state index contributed by atoms with van der Waals surface area (Å²) in [6, 6.07) is 0. The van der Waals surface area contributed by atoms with Gasteiger partial charge in [0.15, 0.2) is 0 Å². The number of aliphatic carboxylic acids is 1. The Morgan fingerprint density at radius 2 is 0.804 bits per heavy atom. The summed E-state index contributed by atoms with van der Waals surface area (Å²) in [6.45, 7) is 4.30. The minimum atomic E-state index is -4.07. The Bertz CT molecular complexity index is 792. The average Bonchev–Trinajstić information content (AvgIpc) is 3.09. The van der Waals surface area contributed by atoms with E-state index in [0.29, 0.717) is 12.8 Å². The lowest BCUT2D eigenvalue weighted by Crippen LogP contribution is -2.37. The van der Waals surface area contributed by atoms with Crippen LogP contribution in [0.15, 0.2) is 0 Å². The molecule has 0 spiro atoms. The Hall–Kier alpha value is -0.270. The lowest BCUT2D eigenvalue weighted by Gasteiger charge is -2.31. The van der Waals surface area contributed by atoms with Gasteiger partial charge in [-0.1, -0.05) is 206 Å². The smallest absolute Gasteiger partial charge is 0.374 e. The third kappa shape index (κ3) is 34.0. The van der Waals surface area contributed by atoms with Crippen LogP contribution in [-0.2, 0) is 27.5 Å². The molecule has 2 unspecified atom stereocenters. The second-order valence-corrected chi connectivity index (χ2v) is 17.6. The van der Waals surface area contributed by atoms with Gasteiger partial charge in [0, 0.05) is 0 Å². The molecular weight excluding hydrogens is 684 g/mol. The fourth-order valence-electron chi connectivity index (χ4n) is 6.63. The third-order valence-corrected chi connectivity index (χ3v) is 12.5. The molecule has 0 amide bonds. The molecule has 2 N–H and O–H groups in total. The molecule has 306 valence electrons. The zero-order valence-electron chi connectivity index (χ0n) is 33.6. The molecule has 51 heavy (non-hydrogen) atoms. The molecule has 0 aliphatic carbocycles. The van der Waals surface area contributed by atoms with Crippen LogP contribution >= 0.6 is 15.9 Å². The van der Waals surface area contributed by atoms with Crippen molar-refractivity contribution in [1.29, 1.82) is 0 Å². The van der Waals surface area contributed by atoms with E-state index in [2.05, 4.69) is 13.8 Å². The van der Waals surface area contributed by atoms with Gasteiger partial charge < -0.3 is 19.0 Å². The van der Waals surface area contributed by atoms with Crippen LogP contribution in [0.25, 0.3) is 0 Å². The Labute approximate surface area is 315 Å². The molecule has 9 nitrogen and oxygen atoms in total. The van der Waals surface area contributed by atoms with E-state index >= 15 is 0 Å². The fraction of sp³-hybridized carbons (Fsp3) is 0.975. The molecule has 11 heteroatoms. The van der Waals surface area contributed by atoms with Crippen molar-refractivity contribution in [1.82, 2.24) is 4.90 Å². The van der Waals surface area contributed by atoms with Crippen molar-refractivity contribution in [2.75, 3.05) is 26.8 Å². The number of likely N-dealkylation sites (N-methyl/N-ethyl adjacent to an activating group) is 1. The average molecular weight is 768 g/mol. The Balaban J connectivity index is 4.32. The van der Waals surface area contributed by atoms with E-state index in [0.717, 1.165) is 43.4 Å². The van der Waals surface area contributed by atoms with Crippen LogP contribution in [0.4, 0.5) is 0 Å². The monoisotopic (exact) mass is 768 g/mol. The summed E-state index contributed by atoms with van der Waals surface area (Å²) in [5.74, 6) is -2.74. The van der Waals surface area contributed by atoms with Crippen LogP contribution in [0.3, 0.4) is 0 Å². The molecular formula is C40H83NO8P2. The molecule has 0 heterocycles. The normalized spacial score (nSPS) is 13.3. The molecule has 0 radical (unpaired) electrons. The van der Waals surface area contributed by atoms with Crippen LogP contribution < -0.4 is 0 Å². The summed E-state index contributed by atoms with van der Waals surface area (Å²) in [5.41, 5.74) is 0. The Kier molecular flexibility index (Phi) is 37.8. The molecule has 2 atom stereocenters. The second-order valence-electron chi connectivity index (χ2n) is 14.8. The van der Waals surface area contributed by atoms with E-state index in [1.54, 1.807) is 0 Å². The van der Waals surface area contributed by atoms with Crippen LogP contribution in [0.5, 0.6) is 0 Å². The quantitative estimate of drug-likeness (QED) is 0.0355. The molecule has 0 aromatic carbocycles. The van der Waals surface area contributed by atoms with Gasteiger partial charge >= 0.3 is 21.8 Å². The standard InChI is InChI=1S/C40H83NO8P2/c1-4-6-8-10-12-14-16-18-20-22-24-26-28-30-32-34-36-47-51(46,40(49-50(44)45)41(3)38-39(42)43)48-37-35-33-31-29-27-25-23-21-19-17-15-13-11-9-7-5-2/h40,50H,4-38H2,1-3H3,(H,42,43)(H,44,45). The summed E-state index contributed by atoms with van der Waals surface area (Å²) in [7, 11) is -6.22. The van der Waals surface area contributed by atoms with Gasteiger partial charge in [-0.3, -0.25) is 23.3 Å². The maximum absolute atomic E-state index is 14.0. The second kappa shape index (κ2) is 38.0. The first kappa shape index (κ1) is 50.7. The molecule has 0 fully saturated rings. The van der Waals surface area contributed by atoms with Crippen LogP contribution in [0.1, 0.15) is 219 Å². The number of nitrogens with zero attached hydrogens (tertiary/aromatic N) is 1. The highest BCUT2D eigenvalue weighted by atomic mass is 31.2. The van der Waals surface area contributed by atoms with Crippen molar-refractivity contribution in [3.63, 3.8) is 0 Å². The van der Waals surface area contributed by atoms with Gasteiger partial charge in [-0.2, -0.15) is 0 Å². The van der Waals surface area contributed by atoms with Gasteiger partial charge in [0.25, 0.3) is 0 Å². The van der Waals surface area contributed by atoms with Crippen molar-refractivity contribution < 1.29 is 37.5 Å². The molecule has 0 aromatic heterocycles. The van der Waals surface area contributed by atoms with Crippen molar-refractivity contribution >= 4 is 21.8 Å². The molecule has 0 rings (SSSR count). The Morgan fingerprint density at radius 3 is 1.04 bits per heavy atom. The van der Waals surface area contributed by atoms with E-state index in [4.69, 9.17) is 13.6 Å². The number of unbranched alkanes of at least 4 members (excludes halogenated alkanes) is 30. The molecule has 0 saturated carbocycles. The van der Waals surface area contributed by atoms with Gasteiger partial charge in [0.05, 0.1) is 19.8 Å². The number of hydrogen-bond donors (Lipinski definition) is 2. The van der Waals surface area contributed by atoms with Gasteiger partial charge in [-0.05, 0) is 19.9 Å². The molecule has 0 aromatic rings. The van der Waals surface area contributed by atoms with E-state index in [1.807, 2.05) is 0 Å². The Morgan fingerprint density at radius 1 is 0.549 bits per heavy atom. The summed E-state index contributed by atoms with van der Waals surface area (Å²) in [6.07, 6.45) is 39.8. The van der Waals surface area contributed by atoms with E-state index in [9.17, 15) is 23.9 Å². The first-order valence-corrected chi connectivity index (χ1v) is 24.3. The minimum Gasteiger partial charge on any atom is -0.480 e. The maximum Gasteiger partial charge on any atom is 0.374 e. The lowest BCUT2D eigenvalue weighted by atomic mass is 10.0. The molecule has 0 bridgehead atoms. The van der Waals surface area contributed by atoms with Crippen LogP contribution in [0.2, 0.25) is 0 Å². The molecule has 0 aliphatic heterocycles. The van der Waals surface area contributed by atoms with Crippen LogP contribution in [-0.4, -0.2) is 53.6 Å². The van der Waals surface area contributed by atoms with Gasteiger partial charge in [-0.15, -0.1) is 0 Å². The largest absolute Gasteiger partial charge is 0.480 e. The SMILES string of the molecule is CCCCCCCCCCCCCCCCCCOP(=O)(OCCCCCCCCCCCCCCCCCC)C(O[PH](=O)O)N(C)CC(=O)O. The van der Waals surface area contributed by atoms with E-state index in [-0.39, 0.29) is 13.2 Å². The van der Waals surface area contributed by atoms with Crippen molar-refractivity contribution in [2.24, 2.45) is 0 Å². The summed E-state index contributed by atoms with van der Waals surface area (Å²) < 4.78 is 42.3. The lowest BCUT2D eigenvalue weighted by molar-refractivity contribution is -0.139. The van der Waals surface area contributed by atoms with Crippen LogP contribution in [0, 0.1) is 0 Å². The molecule has 0 aliphatic rings. The zero-order chi connectivity index (χ0) is 37.7. The van der Waals surface area contributed by atoms with E-state index < -0.39 is 34.3 Å². The minimum absolute atomic E-state index is 0.155. The number of carbonyl (C=O) groups is 1. The highest BCUT2D eigenvalue weighted by molar-refractivity contribution is 7.54. The highest BCUT2D eigenvalue weighted by Gasteiger charge is 2.42. The predicted octanol–water partition coefficient (Wildman–Crippen LogP) is 13.4. The van der Waals surface area contributed by atoms with Gasteiger partial charge in [0.1, 0.15) is 0 Å². The maximum atomic E-state index is 14.0. The highest BCUT2D eigenvalue weighted by Crippen LogP contribution is 2.56. The van der Waals surface area contributed by atoms with Gasteiger partial charge in [0.2, 0.25) is 5.97 Å². The van der Waals surface area contributed by atoms with Gasteiger partial charge in [-0.25, -0.2) is 0 Å². The molecule has 0 saturated heterocycles. The third-order valence-electron chi connectivity index (χ3n) is 9.78. The van der Waals surface area contributed by atoms with Crippen molar-refractivity contribution in [3.05, 3.63) is 0 Å².